The van der Waals surface area contributed by atoms with Gasteiger partial charge in [-0.25, -0.2) is 13.1 Å². The molecule has 0 atom stereocenters. The third-order valence-corrected chi connectivity index (χ3v) is 5.41. The number of nitro benzene ring substituents is 1. The van der Waals surface area contributed by atoms with E-state index in [9.17, 15) is 18.5 Å². The number of nitrogens with one attached hydrogen (secondary N) is 3. The second-order valence-corrected chi connectivity index (χ2v) is 8.01. The molecule has 0 unspecified atom stereocenters. The lowest BCUT2D eigenvalue weighted by molar-refractivity contribution is -0.385. The van der Waals surface area contributed by atoms with Crippen molar-refractivity contribution in [2.24, 2.45) is 4.99 Å². The number of guanidine groups is 1. The summed E-state index contributed by atoms with van der Waals surface area (Å²) in [5.41, 5.74) is 0.875. The van der Waals surface area contributed by atoms with Crippen molar-refractivity contribution >= 4 is 21.7 Å². The molecule has 3 N–H and O–H groups in total. The van der Waals surface area contributed by atoms with Crippen molar-refractivity contribution < 1.29 is 18.1 Å². The van der Waals surface area contributed by atoms with Crippen LogP contribution in [0.5, 0.6) is 5.75 Å². The minimum absolute atomic E-state index is 0.0750. The Balaban J connectivity index is 1.72. The highest BCUT2D eigenvalue weighted by Gasteiger charge is 2.17. The van der Waals surface area contributed by atoms with Gasteiger partial charge in [-0.1, -0.05) is 23.8 Å². The van der Waals surface area contributed by atoms with Crippen LogP contribution in [0.2, 0.25) is 0 Å². The Kier molecular flexibility index (Phi) is 8.56. The van der Waals surface area contributed by atoms with Crippen LogP contribution < -0.4 is 20.1 Å². The van der Waals surface area contributed by atoms with Crippen LogP contribution >= 0.6 is 0 Å². The minimum atomic E-state index is -3.85. The van der Waals surface area contributed by atoms with Gasteiger partial charge in [0.1, 0.15) is 12.4 Å². The number of benzene rings is 2. The molecule has 0 aliphatic heterocycles. The van der Waals surface area contributed by atoms with Crippen LogP contribution in [0.4, 0.5) is 5.69 Å². The molecular formula is C19H25N5O5S. The first-order chi connectivity index (χ1) is 14.3. The molecule has 0 radical (unpaired) electrons. The number of hydrogen-bond donors (Lipinski definition) is 3. The van der Waals surface area contributed by atoms with E-state index in [1.165, 1.54) is 18.2 Å². The molecule has 0 aromatic heterocycles. The lowest BCUT2D eigenvalue weighted by Crippen LogP contribution is -2.42. The number of ether oxygens (including phenoxy) is 1. The molecule has 0 aliphatic rings. The van der Waals surface area contributed by atoms with E-state index in [0.717, 1.165) is 17.4 Å². The summed E-state index contributed by atoms with van der Waals surface area (Å²) in [6, 6.07) is 12.6. The Morgan fingerprint density at radius 2 is 1.80 bits per heavy atom. The fraction of sp³-hybridized carbons (Fsp3) is 0.316. The fourth-order valence-electron chi connectivity index (χ4n) is 2.41. The molecule has 0 spiro atoms. The largest absolute Gasteiger partial charge is 0.492 e. The van der Waals surface area contributed by atoms with Crippen LogP contribution in [0.25, 0.3) is 0 Å². The molecule has 10 nitrogen and oxygen atoms in total. The van der Waals surface area contributed by atoms with Gasteiger partial charge in [0, 0.05) is 32.3 Å². The number of non-ortho nitro benzene ring substituents is 1. The molecule has 0 saturated heterocycles. The summed E-state index contributed by atoms with van der Waals surface area (Å²) >= 11 is 0. The predicted molar refractivity (Wildman–Crippen MR) is 114 cm³/mol. The smallest absolute Gasteiger partial charge is 0.270 e. The maximum atomic E-state index is 12.3. The highest BCUT2D eigenvalue weighted by molar-refractivity contribution is 7.89. The van der Waals surface area contributed by atoms with E-state index in [2.05, 4.69) is 20.3 Å². The average molecular weight is 436 g/mol. The third kappa shape index (κ3) is 7.33. The van der Waals surface area contributed by atoms with Crippen LogP contribution in [0.1, 0.15) is 5.56 Å². The summed E-state index contributed by atoms with van der Waals surface area (Å²) in [7, 11) is -2.25. The maximum absolute atomic E-state index is 12.3. The van der Waals surface area contributed by atoms with Crippen molar-refractivity contribution in [3.05, 3.63) is 64.2 Å². The van der Waals surface area contributed by atoms with E-state index in [-0.39, 0.29) is 23.7 Å². The number of hydrogen-bond acceptors (Lipinski definition) is 6. The molecule has 162 valence electrons. The highest BCUT2D eigenvalue weighted by Crippen LogP contribution is 2.16. The van der Waals surface area contributed by atoms with Gasteiger partial charge < -0.3 is 15.4 Å². The van der Waals surface area contributed by atoms with Crippen LogP contribution in [0.15, 0.2) is 58.4 Å². The van der Waals surface area contributed by atoms with E-state index in [4.69, 9.17) is 4.74 Å². The zero-order valence-electron chi connectivity index (χ0n) is 16.8. The Morgan fingerprint density at radius 3 is 2.47 bits per heavy atom. The molecule has 30 heavy (non-hydrogen) atoms. The molecule has 0 bridgehead atoms. The van der Waals surface area contributed by atoms with Gasteiger partial charge in [-0.2, -0.15) is 0 Å². The van der Waals surface area contributed by atoms with Crippen molar-refractivity contribution in [3.8, 4) is 5.75 Å². The highest BCUT2D eigenvalue weighted by atomic mass is 32.2. The second-order valence-electron chi connectivity index (χ2n) is 6.24. The zero-order valence-corrected chi connectivity index (χ0v) is 17.6. The molecule has 0 heterocycles. The Morgan fingerprint density at radius 1 is 1.10 bits per heavy atom. The van der Waals surface area contributed by atoms with Crippen molar-refractivity contribution in [3.63, 3.8) is 0 Å². The molecule has 0 fully saturated rings. The number of aliphatic imine (C=N–C) groups is 1. The number of nitro groups is 1. The first kappa shape index (κ1) is 23.1. The molecule has 2 aromatic rings. The van der Waals surface area contributed by atoms with Gasteiger partial charge in [-0.3, -0.25) is 15.1 Å². The van der Waals surface area contributed by atoms with Gasteiger partial charge in [0.15, 0.2) is 5.96 Å². The Bertz CT molecular complexity index is 977. The van der Waals surface area contributed by atoms with Crippen LogP contribution in [-0.4, -0.2) is 52.6 Å². The summed E-state index contributed by atoms with van der Waals surface area (Å²) in [4.78, 5) is 14.1. The van der Waals surface area contributed by atoms with Crippen LogP contribution in [0, 0.1) is 17.0 Å². The normalized spacial score (nSPS) is 11.7. The van der Waals surface area contributed by atoms with E-state index in [0.29, 0.717) is 19.1 Å². The molecule has 2 rings (SSSR count). The standard InChI is InChI=1S/C19H25N5O5S/c1-15-6-8-17(9-7-15)29-13-12-22-19(20-2)21-10-11-23-30(27,28)18-5-3-4-16(14-18)24(25)26/h3-9,14,23H,10-13H2,1-2H3,(H2,20,21,22). The van der Waals surface area contributed by atoms with Gasteiger partial charge in [0.05, 0.1) is 16.4 Å². The summed E-state index contributed by atoms with van der Waals surface area (Å²) in [6.45, 7) is 3.29. The first-order valence-electron chi connectivity index (χ1n) is 9.20. The van der Waals surface area contributed by atoms with Crippen molar-refractivity contribution in [2.45, 2.75) is 11.8 Å². The monoisotopic (exact) mass is 435 g/mol. The summed E-state index contributed by atoms with van der Waals surface area (Å²) in [5, 5.41) is 16.8. The van der Waals surface area contributed by atoms with Gasteiger partial charge in [0.25, 0.3) is 5.69 Å². The summed E-state index contributed by atoms with van der Waals surface area (Å²) in [6.07, 6.45) is 0. The summed E-state index contributed by atoms with van der Waals surface area (Å²) < 4.78 is 32.5. The maximum Gasteiger partial charge on any atom is 0.270 e. The van der Waals surface area contributed by atoms with E-state index in [1.54, 1.807) is 7.05 Å². The van der Waals surface area contributed by atoms with Crippen molar-refractivity contribution in [2.75, 3.05) is 33.3 Å². The lowest BCUT2D eigenvalue weighted by atomic mass is 10.2. The van der Waals surface area contributed by atoms with Gasteiger partial charge in [0.2, 0.25) is 10.0 Å². The van der Waals surface area contributed by atoms with Crippen LogP contribution in [-0.2, 0) is 10.0 Å². The first-order valence-corrected chi connectivity index (χ1v) is 10.7. The topological polar surface area (TPSA) is 135 Å². The molecule has 2 aromatic carbocycles. The quantitative estimate of drug-likeness (QED) is 0.169. The second kappa shape index (κ2) is 11.1. The molecule has 11 heteroatoms. The van der Waals surface area contributed by atoms with Crippen molar-refractivity contribution in [1.29, 1.82) is 0 Å². The Hall–Kier alpha value is -3.18. The zero-order chi connectivity index (χ0) is 22.0. The number of aryl methyl sites for hydroxylation is 1. The average Bonchev–Trinajstić information content (AvgIpc) is 2.74. The number of nitrogens with zero attached hydrogens (tertiary/aromatic N) is 2. The number of sulfonamides is 1. The van der Waals surface area contributed by atoms with Crippen LogP contribution in [0.3, 0.4) is 0 Å². The van der Waals surface area contributed by atoms with Gasteiger partial charge in [-0.05, 0) is 25.1 Å². The van der Waals surface area contributed by atoms with E-state index >= 15 is 0 Å². The third-order valence-electron chi connectivity index (χ3n) is 3.96. The number of rotatable bonds is 10. The molecular weight excluding hydrogens is 410 g/mol. The predicted octanol–water partition coefficient (Wildman–Crippen LogP) is 1.43. The van der Waals surface area contributed by atoms with Gasteiger partial charge in [-0.15, -0.1) is 0 Å². The van der Waals surface area contributed by atoms with Crippen molar-refractivity contribution in [1.82, 2.24) is 15.4 Å². The molecule has 0 amide bonds. The van der Waals surface area contributed by atoms with Gasteiger partial charge >= 0.3 is 0 Å². The molecule has 0 aliphatic carbocycles. The SMILES string of the molecule is CN=C(NCCNS(=O)(=O)c1cccc([N+](=O)[O-])c1)NCCOc1ccc(C)cc1. The molecule has 0 saturated carbocycles. The lowest BCUT2D eigenvalue weighted by Gasteiger charge is -2.13. The minimum Gasteiger partial charge on any atom is -0.492 e. The Labute approximate surface area is 175 Å². The fourth-order valence-corrected chi connectivity index (χ4v) is 3.48. The summed E-state index contributed by atoms with van der Waals surface area (Å²) in [5.74, 6) is 1.28. The van der Waals surface area contributed by atoms with E-state index in [1.807, 2.05) is 31.2 Å². The van der Waals surface area contributed by atoms with E-state index < -0.39 is 14.9 Å².